The Kier molecular flexibility index (Phi) is 5.22. The van der Waals surface area contributed by atoms with Gasteiger partial charge in [-0.2, -0.15) is 0 Å². The number of aromatic nitrogens is 1. The van der Waals surface area contributed by atoms with Crippen molar-refractivity contribution >= 4 is 23.1 Å². The lowest BCUT2D eigenvalue weighted by Crippen LogP contribution is -2.17. The first-order valence-electron chi connectivity index (χ1n) is 8.13. The minimum Gasteiger partial charge on any atom is -0.341 e. The van der Waals surface area contributed by atoms with Gasteiger partial charge in [0.15, 0.2) is 11.6 Å². The number of pyridine rings is 1. The highest BCUT2D eigenvalue weighted by molar-refractivity contribution is 6.03. The van der Waals surface area contributed by atoms with Crippen LogP contribution in [0.1, 0.15) is 17.3 Å². The highest BCUT2D eigenvalue weighted by Crippen LogP contribution is 2.24. The number of halogens is 2. The lowest BCUT2D eigenvalue weighted by atomic mass is 10.2. The standard InChI is InChI=1S/C20H17F2N3O/c1-2-25(15-6-4-3-5-7-15)16-9-11-19(23-13-16)24-20(26)14-8-10-17(21)18(22)12-14/h3-13H,2H2,1H3,(H,23,24,26). The van der Waals surface area contributed by atoms with Crippen LogP contribution in [0.15, 0.2) is 66.9 Å². The number of amides is 1. The minimum atomic E-state index is -1.07. The second-order valence-corrected chi connectivity index (χ2v) is 5.56. The van der Waals surface area contributed by atoms with Crippen molar-refractivity contribution in [1.29, 1.82) is 0 Å². The second kappa shape index (κ2) is 7.74. The molecule has 6 heteroatoms. The Morgan fingerprint density at radius 1 is 1.00 bits per heavy atom. The number of benzene rings is 2. The first kappa shape index (κ1) is 17.5. The monoisotopic (exact) mass is 353 g/mol. The van der Waals surface area contributed by atoms with Gasteiger partial charge in [-0.15, -0.1) is 0 Å². The van der Waals surface area contributed by atoms with E-state index in [2.05, 4.69) is 15.2 Å². The summed E-state index contributed by atoms with van der Waals surface area (Å²) in [7, 11) is 0. The lowest BCUT2D eigenvalue weighted by molar-refractivity contribution is 0.102. The van der Waals surface area contributed by atoms with Gasteiger partial charge in [-0.1, -0.05) is 18.2 Å². The normalized spacial score (nSPS) is 10.4. The van der Waals surface area contributed by atoms with E-state index >= 15 is 0 Å². The average Bonchev–Trinajstić information content (AvgIpc) is 2.67. The molecule has 0 radical (unpaired) electrons. The van der Waals surface area contributed by atoms with Gasteiger partial charge in [0.2, 0.25) is 0 Å². The molecule has 3 aromatic rings. The summed E-state index contributed by atoms with van der Waals surface area (Å²) in [4.78, 5) is 18.4. The van der Waals surface area contributed by atoms with Gasteiger partial charge >= 0.3 is 0 Å². The van der Waals surface area contributed by atoms with E-state index in [1.807, 2.05) is 43.3 Å². The van der Waals surface area contributed by atoms with Gasteiger partial charge in [-0.3, -0.25) is 4.79 Å². The third-order valence-corrected chi connectivity index (χ3v) is 3.87. The Labute approximate surface area is 150 Å². The summed E-state index contributed by atoms with van der Waals surface area (Å²) in [5.74, 6) is -2.29. The number of nitrogens with zero attached hydrogens (tertiary/aromatic N) is 2. The van der Waals surface area contributed by atoms with Crippen LogP contribution in [-0.4, -0.2) is 17.4 Å². The Bertz CT molecular complexity index is 899. The highest BCUT2D eigenvalue weighted by atomic mass is 19.2. The summed E-state index contributed by atoms with van der Waals surface area (Å²) in [6, 6.07) is 16.4. The molecule has 0 atom stereocenters. The molecule has 0 aliphatic rings. The Morgan fingerprint density at radius 3 is 2.38 bits per heavy atom. The molecule has 1 N–H and O–H groups in total. The number of hydrogen-bond donors (Lipinski definition) is 1. The van der Waals surface area contributed by atoms with Gasteiger partial charge in [0.25, 0.3) is 5.91 Å². The van der Waals surface area contributed by atoms with Crippen LogP contribution in [0.4, 0.5) is 26.0 Å². The lowest BCUT2D eigenvalue weighted by Gasteiger charge is -2.23. The summed E-state index contributed by atoms with van der Waals surface area (Å²) in [6.07, 6.45) is 1.65. The zero-order valence-electron chi connectivity index (χ0n) is 14.1. The number of carbonyl (C=O) groups is 1. The van der Waals surface area contributed by atoms with E-state index in [0.717, 1.165) is 30.1 Å². The molecule has 1 heterocycles. The number of rotatable bonds is 5. The second-order valence-electron chi connectivity index (χ2n) is 5.56. The van der Waals surface area contributed by atoms with Gasteiger partial charge in [0, 0.05) is 17.8 Å². The zero-order chi connectivity index (χ0) is 18.5. The van der Waals surface area contributed by atoms with Crippen molar-refractivity contribution in [2.75, 3.05) is 16.8 Å². The predicted molar refractivity (Wildman–Crippen MR) is 97.7 cm³/mol. The molecule has 26 heavy (non-hydrogen) atoms. The van der Waals surface area contributed by atoms with Crippen molar-refractivity contribution in [3.05, 3.63) is 84.1 Å². The fraction of sp³-hybridized carbons (Fsp3) is 0.100. The number of nitrogens with one attached hydrogen (secondary N) is 1. The molecule has 1 aromatic heterocycles. The van der Waals surface area contributed by atoms with Crippen molar-refractivity contribution in [2.24, 2.45) is 0 Å². The van der Waals surface area contributed by atoms with Gasteiger partial charge < -0.3 is 10.2 Å². The van der Waals surface area contributed by atoms with Crippen molar-refractivity contribution < 1.29 is 13.6 Å². The maximum absolute atomic E-state index is 13.2. The molecule has 0 bridgehead atoms. The number of hydrogen-bond acceptors (Lipinski definition) is 3. The van der Waals surface area contributed by atoms with Gasteiger partial charge in [0.1, 0.15) is 5.82 Å². The van der Waals surface area contributed by atoms with E-state index < -0.39 is 17.5 Å². The fourth-order valence-corrected chi connectivity index (χ4v) is 2.57. The smallest absolute Gasteiger partial charge is 0.256 e. The number of para-hydroxylation sites is 1. The summed E-state index contributed by atoms with van der Waals surface area (Å²) >= 11 is 0. The maximum Gasteiger partial charge on any atom is 0.256 e. The minimum absolute atomic E-state index is 0.0225. The van der Waals surface area contributed by atoms with Crippen LogP contribution in [0.25, 0.3) is 0 Å². The molecule has 4 nitrogen and oxygen atoms in total. The molecule has 0 aliphatic carbocycles. The molecule has 2 aromatic carbocycles. The molecule has 0 unspecified atom stereocenters. The molecule has 1 amide bonds. The van der Waals surface area contributed by atoms with Crippen LogP contribution in [-0.2, 0) is 0 Å². The van der Waals surface area contributed by atoms with Gasteiger partial charge in [0.05, 0.1) is 11.9 Å². The van der Waals surface area contributed by atoms with Crippen LogP contribution in [0.2, 0.25) is 0 Å². The predicted octanol–water partition coefficient (Wildman–Crippen LogP) is 4.77. The Hall–Kier alpha value is -3.28. The van der Waals surface area contributed by atoms with Gasteiger partial charge in [-0.05, 0) is 49.4 Å². The number of carbonyl (C=O) groups excluding carboxylic acids is 1. The van der Waals surface area contributed by atoms with Crippen molar-refractivity contribution in [3.63, 3.8) is 0 Å². The molecule has 132 valence electrons. The maximum atomic E-state index is 13.2. The third kappa shape index (κ3) is 3.85. The van der Waals surface area contributed by atoms with Crippen LogP contribution >= 0.6 is 0 Å². The summed E-state index contributed by atoms with van der Waals surface area (Å²) < 4.78 is 26.2. The van der Waals surface area contributed by atoms with Gasteiger partial charge in [-0.25, -0.2) is 13.8 Å². The number of anilines is 3. The van der Waals surface area contributed by atoms with Crippen LogP contribution in [0.5, 0.6) is 0 Å². The molecule has 0 saturated heterocycles. The molecular formula is C20H17F2N3O. The first-order chi connectivity index (χ1) is 12.6. The SMILES string of the molecule is CCN(c1ccccc1)c1ccc(NC(=O)c2ccc(F)c(F)c2)nc1. The van der Waals surface area contributed by atoms with E-state index in [0.29, 0.717) is 5.82 Å². The first-order valence-corrected chi connectivity index (χ1v) is 8.13. The molecule has 3 rings (SSSR count). The van der Waals surface area contributed by atoms with E-state index in [1.54, 1.807) is 12.3 Å². The summed E-state index contributed by atoms with van der Waals surface area (Å²) in [6.45, 7) is 2.79. The summed E-state index contributed by atoms with van der Waals surface area (Å²) in [5.41, 5.74) is 1.94. The van der Waals surface area contributed by atoms with Crippen molar-refractivity contribution in [2.45, 2.75) is 6.92 Å². The molecule has 0 aliphatic heterocycles. The van der Waals surface area contributed by atoms with E-state index in [9.17, 15) is 13.6 Å². The third-order valence-electron chi connectivity index (χ3n) is 3.87. The van der Waals surface area contributed by atoms with Crippen molar-refractivity contribution in [1.82, 2.24) is 4.98 Å². The Morgan fingerprint density at radius 2 is 1.77 bits per heavy atom. The van der Waals surface area contributed by atoms with E-state index in [1.165, 1.54) is 6.07 Å². The Balaban J connectivity index is 1.75. The fourth-order valence-electron chi connectivity index (χ4n) is 2.57. The molecule has 0 spiro atoms. The van der Waals surface area contributed by atoms with Crippen LogP contribution in [0.3, 0.4) is 0 Å². The zero-order valence-corrected chi connectivity index (χ0v) is 14.1. The van der Waals surface area contributed by atoms with E-state index in [-0.39, 0.29) is 5.56 Å². The topological polar surface area (TPSA) is 45.2 Å². The van der Waals surface area contributed by atoms with E-state index in [4.69, 9.17) is 0 Å². The largest absolute Gasteiger partial charge is 0.341 e. The van der Waals surface area contributed by atoms with Crippen LogP contribution < -0.4 is 10.2 Å². The highest BCUT2D eigenvalue weighted by Gasteiger charge is 2.12. The summed E-state index contributed by atoms with van der Waals surface area (Å²) in [5, 5.41) is 2.57. The van der Waals surface area contributed by atoms with Crippen LogP contribution in [0, 0.1) is 11.6 Å². The average molecular weight is 353 g/mol. The quantitative estimate of drug-likeness (QED) is 0.719. The van der Waals surface area contributed by atoms with Crippen molar-refractivity contribution in [3.8, 4) is 0 Å². The molecule has 0 fully saturated rings. The molecule has 0 saturated carbocycles. The molecular weight excluding hydrogens is 336 g/mol.